The number of benzene rings is 1. The summed E-state index contributed by atoms with van der Waals surface area (Å²) < 4.78 is 44.5. The second kappa shape index (κ2) is 13.0. The molecule has 0 radical (unpaired) electrons. The van der Waals surface area contributed by atoms with Crippen LogP contribution < -0.4 is 10.6 Å². The molecule has 13 nitrogen and oxygen atoms in total. The molecule has 0 spiro atoms. The molecule has 3 N–H and O–H groups in total. The van der Waals surface area contributed by atoms with Crippen molar-refractivity contribution < 1.29 is 42.2 Å². The third kappa shape index (κ3) is 7.73. The molecular weight excluding hydrogens is 623 g/mol. The zero-order chi connectivity index (χ0) is 34.1. The summed E-state index contributed by atoms with van der Waals surface area (Å²) in [5.74, 6) is -2.76. The number of carboxylic acids is 1. The lowest BCUT2D eigenvalue weighted by Gasteiger charge is -2.30. The lowest BCUT2D eigenvalue weighted by atomic mass is 10.0. The number of halogens is 3. The Morgan fingerprint density at radius 2 is 1.83 bits per heavy atom. The number of fused-ring (bicyclic) bond motifs is 2. The smallest absolute Gasteiger partial charge is 0.416 e. The standard InChI is InChI=1S/C31H38F3N7O6/c1-29(2,3)47-28(46)35-22-10-8-6-4-5-7-9-20-16-30(20,27(44)45)36-25(42)23-15-21(17-40(23)26(22)43)41-38-24(37-39-41)18-11-13-19(14-12-18)31(32,33)34/h7,9,11-14,20-23H,4-6,8,10,15-17H2,1-3H3,(H,35,46)(H,36,42)(H,44,45)/b9-7-/t20-,21-,22+,23+,30-/m1/s1. The number of alkyl halides is 3. The fourth-order valence-electron chi connectivity index (χ4n) is 6.00. The van der Waals surface area contributed by atoms with Crippen molar-refractivity contribution >= 4 is 23.9 Å². The Morgan fingerprint density at radius 1 is 1.11 bits per heavy atom. The van der Waals surface area contributed by atoms with Crippen molar-refractivity contribution in [3.8, 4) is 11.4 Å². The molecule has 1 aliphatic carbocycles. The predicted octanol–water partition coefficient (Wildman–Crippen LogP) is 3.87. The maximum absolute atomic E-state index is 14.1. The van der Waals surface area contributed by atoms with Gasteiger partial charge in [0.25, 0.3) is 0 Å². The lowest BCUT2D eigenvalue weighted by Crippen LogP contribution is -2.56. The highest BCUT2D eigenvalue weighted by atomic mass is 19.4. The number of alkyl carbamates (subject to hydrolysis) is 1. The van der Waals surface area contributed by atoms with Crippen LogP contribution in [0.5, 0.6) is 0 Å². The topological polar surface area (TPSA) is 169 Å². The zero-order valence-corrected chi connectivity index (χ0v) is 26.3. The number of aliphatic carboxylic acids is 1. The van der Waals surface area contributed by atoms with Gasteiger partial charge in [0.1, 0.15) is 23.2 Å². The number of nitrogens with zero attached hydrogens (tertiary/aromatic N) is 5. The number of nitrogens with one attached hydrogen (secondary N) is 2. The molecule has 47 heavy (non-hydrogen) atoms. The first-order valence-electron chi connectivity index (χ1n) is 15.6. The second-order valence-electron chi connectivity index (χ2n) is 13.2. The Hall–Kier alpha value is -4.50. The molecule has 2 aliphatic heterocycles. The van der Waals surface area contributed by atoms with Crippen LogP contribution in [0.4, 0.5) is 18.0 Å². The number of rotatable bonds is 4. The largest absolute Gasteiger partial charge is 0.479 e. The van der Waals surface area contributed by atoms with Crippen LogP contribution in [0.2, 0.25) is 0 Å². The number of hydrogen-bond donors (Lipinski definition) is 3. The number of hydrogen-bond acceptors (Lipinski definition) is 8. The normalized spacial score (nSPS) is 27.8. The van der Waals surface area contributed by atoms with Crippen molar-refractivity contribution in [1.29, 1.82) is 0 Å². The van der Waals surface area contributed by atoms with Gasteiger partial charge in [-0.25, -0.2) is 9.59 Å². The molecule has 1 aromatic heterocycles. The van der Waals surface area contributed by atoms with Crippen LogP contribution in [-0.4, -0.2) is 83.9 Å². The summed E-state index contributed by atoms with van der Waals surface area (Å²) >= 11 is 0. The molecule has 3 heterocycles. The number of carbonyl (C=O) groups is 4. The summed E-state index contributed by atoms with van der Waals surface area (Å²) in [6.07, 6.45) is 1.72. The van der Waals surface area contributed by atoms with Crippen molar-refractivity contribution in [1.82, 2.24) is 35.7 Å². The fourth-order valence-corrected chi connectivity index (χ4v) is 6.00. The van der Waals surface area contributed by atoms with Gasteiger partial charge in [-0.15, -0.1) is 10.2 Å². The van der Waals surface area contributed by atoms with Crippen molar-refractivity contribution in [3.63, 3.8) is 0 Å². The molecule has 0 unspecified atom stereocenters. The Labute approximate surface area is 268 Å². The van der Waals surface area contributed by atoms with Gasteiger partial charge in [-0.3, -0.25) is 9.59 Å². The minimum absolute atomic E-state index is 0.00422. The van der Waals surface area contributed by atoms with E-state index in [2.05, 4.69) is 26.0 Å². The summed E-state index contributed by atoms with van der Waals surface area (Å²) in [5, 5.41) is 27.8. The molecule has 2 aromatic rings. The minimum atomic E-state index is -4.51. The Morgan fingerprint density at radius 3 is 2.49 bits per heavy atom. The molecule has 3 aliphatic rings. The number of ether oxygens (including phenoxy) is 1. The third-order valence-electron chi connectivity index (χ3n) is 8.55. The Balaban J connectivity index is 1.43. The number of tetrazole rings is 1. The molecule has 16 heteroatoms. The summed E-state index contributed by atoms with van der Waals surface area (Å²) in [5.41, 5.74) is -2.88. The van der Waals surface area contributed by atoms with Crippen LogP contribution in [0.25, 0.3) is 11.4 Å². The number of allylic oxidation sites excluding steroid dienone is 1. The van der Waals surface area contributed by atoms with E-state index in [9.17, 15) is 37.5 Å². The summed E-state index contributed by atoms with van der Waals surface area (Å²) in [7, 11) is 0. The minimum Gasteiger partial charge on any atom is -0.479 e. The van der Waals surface area contributed by atoms with E-state index < -0.39 is 70.8 Å². The SMILES string of the molecule is CC(C)(C)OC(=O)N[C@H]1CCCCC/C=C\[C@@H]2C[C@@]2(C(=O)O)NC(=O)[C@@H]2C[C@@H](n3nnc(-c4ccc(C(F)(F)F)cc4)n3)CN2C1=O. The van der Waals surface area contributed by atoms with Crippen molar-refractivity contribution in [3.05, 3.63) is 42.0 Å². The maximum Gasteiger partial charge on any atom is 0.416 e. The monoisotopic (exact) mass is 661 g/mol. The highest BCUT2D eigenvalue weighted by molar-refractivity contribution is 5.96. The van der Waals surface area contributed by atoms with Crippen LogP contribution >= 0.6 is 0 Å². The van der Waals surface area contributed by atoms with Crippen LogP contribution in [0.1, 0.15) is 77.3 Å². The highest BCUT2D eigenvalue weighted by Crippen LogP contribution is 2.45. The Bertz CT molecular complexity index is 1540. The molecule has 2 fully saturated rings. The number of carboxylic acid groups (broad SMARTS) is 1. The van der Waals surface area contributed by atoms with Crippen molar-refractivity contribution in [2.45, 2.75) is 101 Å². The van der Waals surface area contributed by atoms with Crippen molar-refractivity contribution in [2.24, 2.45) is 5.92 Å². The number of carbonyl (C=O) groups excluding carboxylic acids is 3. The van der Waals surface area contributed by atoms with E-state index in [0.717, 1.165) is 25.0 Å². The molecule has 0 bridgehead atoms. The van der Waals surface area contributed by atoms with Gasteiger partial charge in [0.2, 0.25) is 17.6 Å². The van der Waals surface area contributed by atoms with Crippen LogP contribution in [-0.2, 0) is 25.3 Å². The van der Waals surface area contributed by atoms with Gasteiger partial charge in [0.15, 0.2) is 0 Å². The van der Waals surface area contributed by atoms with Crippen LogP contribution in [0.15, 0.2) is 36.4 Å². The molecular formula is C31H38F3N7O6. The van der Waals surface area contributed by atoms with Gasteiger partial charge in [-0.05, 0) is 63.8 Å². The average Bonchev–Trinajstić information content (AvgIpc) is 3.31. The first-order valence-corrected chi connectivity index (χ1v) is 15.6. The van der Waals surface area contributed by atoms with E-state index in [1.165, 1.54) is 21.8 Å². The first kappa shape index (κ1) is 33.9. The predicted molar refractivity (Wildman–Crippen MR) is 159 cm³/mol. The number of aromatic nitrogens is 4. The lowest BCUT2D eigenvalue weighted by molar-refractivity contribution is -0.145. The molecule has 5 rings (SSSR count). The summed E-state index contributed by atoms with van der Waals surface area (Å²) in [6.45, 7) is 5.00. The summed E-state index contributed by atoms with van der Waals surface area (Å²) in [6, 6.07) is 1.39. The molecule has 254 valence electrons. The fraction of sp³-hybridized carbons (Fsp3) is 0.581. The Kier molecular flexibility index (Phi) is 9.33. The van der Waals surface area contributed by atoms with Crippen molar-refractivity contribution in [2.75, 3.05) is 6.54 Å². The molecule has 1 aromatic carbocycles. The van der Waals surface area contributed by atoms with Gasteiger partial charge in [0, 0.05) is 24.4 Å². The second-order valence-corrected chi connectivity index (χ2v) is 13.2. The first-order chi connectivity index (χ1) is 22.1. The molecule has 3 amide bonds. The van der Waals surface area contributed by atoms with E-state index in [4.69, 9.17) is 4.74 Å². The molecule has 5 atom stereocenters. The third-order valence-corrected chi connectivity index (χ3v) is 8.55. The van der Waals surface area contributed by atoms with E-state index >= 15 is 0 Å². The zero-order valence-electron chi connectivity index (χ0n) is 26.3. The van der Waals surface area contributed by atoms with Gasteiger partial charge in [-0.2, -0.15) is 18.0 Å². The van der Waals surface area contributed by atoms with Gasteiger partial charge < -0.3 is 25.4 Å². The van der Waals surface area contributed by atoms with Gasteiger partial charge in [-0.1, -0.05) is 37.1 Å². The van der Waals surface area contributed by atoms with E-state index in [-0.39, 0.29) is 37.2 Å². The average molecular weight is 662 g/mol. The maximum atomic E-state index is 14.1. The quantitative estimate of drug-likeness (QED) is 0.412. The summed E-state index contributed by atoms with van der Waals surface area (Å²) in [4.78, 5) is 55.5. The number of amides is 3. The van der Waals surface area contributed by atoms with E-state index in [1.54, 1.807) is 20.8 Å². The van der Waals surface area contributed by atoms with E-state index in [1.807, 2.05) is 12.2 Å². The van der Waals surface area contributed by atoms with Gasteiger partial charge in [0.05, 0.1) is 11.6 Å². The van der Waals surface area contributed by atoms with E-state index in [0.29, 0.717) is 12.8 Å². The van der Waals surface area contributed by atoms with Crippen LogP contribution in [0, 0.1) is 5.92 Å². The molecule has 1 saturated carbocycles. The van der Waals surface area contributed by atoms with Gasteiger partial charge >= 0.3 is 18.2 Å². The highest BCUT2D eigenvalue weighted by Gasteiger charge is 2.61. The molecule has 1 saturated heterocycles. The van der Waals surface area contributed by atoms with Crippen LogP contribution in [0.3, 0.4) is 0 Å².